The SMILES string of the molecule is CC(=O)Nc1ccc(N(CC(=O)NCCc2cccc(Cl)c2)C(C)=O)cc1. The average molecular weight is 388 g/mol. The van der Waals surface area contributed by atoms with Gasteiger partial charge in [-0.1, -0.05) is 23.7 Å². The molecule has 0 fully saturated rings. The summed E-state index contributed by atoms with van der Waals surface area (Å²) in [7, 11) is 0. The number of nitrogens with one attached hydrogen (secondary N) is 2. The van der Waals surface area contributed by atoms with Crippen molar-refractivity contribution in [2.24, 2.45) is 0 Å². The summed E-state index contributed by atoms with van der Waals surface area (Å²) in [6, 6.07) is 14.2. The monoisotopic (exact) mass is 387 g/mol. The van der Waals surface area contributed by atoms with Crippen molar-refractivity contribution in [2.75, 3.05) is 23.3 Å². The van der Waals surface area contributed by atoms with Crippen LogP contribution < -0.4 is 15.5 Å². The first-order valence-electron chi connectivity index (χ1n) is 8.52. The lowest BCUT2D eigenvalue weighted by molar-refractivity contribution is -0.123. The largest absolute Gasteiger partial charge is 0.354 e. The second-order valence-corrected chi connectivity index (χ2v) is 6.50. The molecule has 0 aromatic heterocycles. The van der Waals surface area contributed by atoms with Crippen LogP contribution in [0.4, 0.5) is 11.4 Å². The number of carbonyl (C=O) groups excluding carboxylic acids is 3. The average Bonchev–Trinajstić information content (AvgIpc) is 2.60. The molecule has 0 aliphatic carbocycles. The standard InChI is InChI=1S/C20H22ClN3O3/c1-14(25)23-18-6-8-19(9-7-18)24(15(2)26)13-20(27)22-11-10-16-4-3-5-17(21)12-16/h3-9,12H,10-11,13H2,1-2H3,(H,22,27)(H,23,25). The van der Waals surface area contributed by atoms with E-state index in [9.17, 15) is 14.4 Å². The maximum atomic E-state index is 12.2. The number of carbonyl (C=O) groups is 3. The van der Waals surface area contributed by atoms with Crippen molar-refractivity contribution in [3.8, 4) is 0 Å². The van der Waals surface area contributed by atoms with E-state index in [1.807, 2.05) is 18.2 Å². The third-order valence-electron chi connectivity index (χ3n) is 3.81. The lowest BCUT2D eigenvalue weighted by atomic mass is 10.1. The zero-order chi connectivity index (χ0) is 19.8. The van der Waals surface area contributed by atoms with Crippen molar-refractivity contribution in [1.29, 1.82) is 0 Å². The van der Waals surface area contributed by atoms with E-state index >= 15 is 0 Å². The van der Waals surface area contributed by atoms with Gasteiger partial charge < -0.3 is 15.5 Å². The van der Waals surface area contributed by atoms with Crippen molar-refractivity contribution in [3.63, 3.8) is 0 Å². The number of hydrogen-bond acceptors (Lipinski definition) is 3. The topological polar surface area (TPSA) is 78.5 Å². The summed E-state index contributed by atoms with van der Waals surface area (Å²) in [6.45, 7) is 3.20. The van der Waals surface area contributed by atoms with Crippen LogP contribution in [0.1, 0.15) is 19.4 Å². The fraction of sp³-hybridized carbons (Fsp3) is 0.250. The highest BCUT2D eigenvalue weighted by Crippen LogP contribution is 2.18. The molecule has 0 saturated heterocycles. The van der Waals surface area contributed by atoms with Gasteiger partial charge in [0.05, 0.1) is 0 Å². The lowest BCUT2D eigenvalue weighted by Gasteiger charge is -2.21. The van der Waals surface area contributed by atoms with Crippen molar-refractivity contribution in [3.05, 3.63) is 59.1 Å². The summed E-state index contributed by atoms with van der Waals surface area (Å²) in [5.74, 6) is -0.671. The van der Waals surface area contributed by atoms with Gasteiger partial charge in [-0.25, -0.2) is 0 Å². The first-order chi connectivity index (χ1) is 12.8. The Kier molecular flexibility index (Phi) is 7.37. The fourth-order valence-electron chi connectivity index (χ4n) is 2.55. The molecule has 7 heteroatoms. The molecule has 0 atom stereocenters. The Morgan fingerprint density at radius 2 is 1.74 bits per heavy atom. The summed E-state index contributed by atoms with van der Waals surface area (Å²) in [5, 5.41) is 6.12. The zero-order valence-corrected chi connectivity index (χ0v) is 16.0. The highest BCUT2D eigenvalue weighted by atomic mass is 35.5. The number of anilines is 2. The summed E-state index contributed by atoms with van der Waals surface area (Å²) >= 11 is 5.94. The van der Waals surface area contributed by atoms with E-state index in [2.05, 4.69) is 10.6 Å². The van der Waals surface area contributed by atoms with Crippen molar-refractivity contribution >= 4 is 40.7 Å². The van der Waals surface area contributed by atoms with Gasteiger partial charge in [-0.05, 0) is 48.4 Å². The van der Waals surface area contributed by atoms with Gasteiger partial charge in [0.15, 0.2) is 0 Å². The number of rotatable bonds is 7. The van der Waals surface area contributed by atoms with E-state index in [1.165, 1.54) is 18.7 Å². The molecule has 3 amide bonds. The van der Waals surface area contributed by atoms with Crippen LogP contribution in [0, 0.1) is 0 Å². The van der Waals surface area contributed by atoms with Crippen LogP contribution in [-0.2, 0) is 20.8 Å². The molecule has 0 bridgehead atoms. The first-order valence-corrected chi connectivity index (χ1v) is 8.90. The minimum Gasteiger partial charge on any atom is -0.354 e. The maximum absolute atomic E-state index is 12.2. The van der Waals surface area contributed by atoms with E-state index in [0.717, 1.165) is 5.56 Å². The van der Waals surface area contributed by atoms with Gasteiger partial charge in [-0.2, -0.15) is 0 Å². The maximum Gasteiger partial charge on any atom is 0.240 e. The van der Waals surface area contributed by atoms with Crippen molar-refractivity contribution in [2.45, 2.75) is 20.3 Å². The molecular weight excluding hydrogens is 366 g/mol. The molecular formula is C20H22ClN3O3. The van der Waals surface area contributed by atoms with Gasteiger partial charge in [0, 0.05) is 36.8 Å². The molecule has 0 unspecified atom stereocenters. The summed E-state index contributed by atoms with van der Waals surface area (Å²) in [6.07, 6.45) is 0.651. The number of amides is 3. The Morgan fingerprint density at radius 1 is 1.04 bits per heavy atom. The van der Waals surface area contributed by atoms with Crippen LogP contribution in [-0.4, -0.2) is 30.8 Å². The number of nitrogens with zero attached hydrogens (tertiary/aromatic N) is 1. The third kappa shape index (κ3) is 6.75. The summed E-state index contributed by atoms with van der Waals surface area (Å²) in [5.41, 5.74) is 2.24. The number of benzene rings is 2. The van der Waals surface area contributed by atoms with Gasteiger partial charge >= 0.3 is 0 Å². The van der Waals surface area contributed by atoms with Gasteiger partial charge in [-0.3, -0.25) is 14.4 Å². The highest BCUT2D eigenvalue weighted by Gasteiger charge is 2.15. The molecule has 6 nitrogen and oxygen atoms in total. The molecule has 2 N–H and O–H groups in total. The van der Waals surface area contributed by atoms with E-state index in [1.54, 1.807) is 30.3 Å². The van der Waals surface area contributed by atoms with Crippen LogP contribution in [0.2, 0.25) is 5.02 Å². The highest BCUT2D eigenvalue weighted by molar-refractivity contribution is 6.30. The van der Waals surface area contributed by atoms with Crippen LogP contribution >= 0.6 is 11.6 Å². The summed E-state index contributed by atoms with van der Waals surface area (Å²) < 4.78 is 0. The number of halogens is 1. The third-order valence-corrected chi connectivity index (χ3v) is 4.04. The number of hydrogen-bond donors (Lipinski definition) is 2. The van der Waals surface area contributed by atoms with Gasteiger partial charge in [0.2, 0.25) is 17.7 Å². The van der Waals surface area contributed by atoms with E-state index in [-0.39, 0.29) is 24.3 Å². The molecule has 0 saturated carbocycles. The van der Waals surface area contributed by atoms with Gasteiger partial charge in [0.25, 0.3) is 0 Å². The van der Waals surface area contributed by atoms with Crippen LogP contribution in [0.3, 0.4) is 0 Å². The van der Waals surface area contributed by atoms with Crippen molar-refractivity contribution < 1.29 is 14.4 Å². The predicted molar refractivity (Wildman–Crippen MR) is 107 cm³/mol. The lowest BCUT2D eigenvalue weighted by Crippen LogP contribution is -2.40. The molecule has 2 aromatic carbocycles. The molecule has 142 valence electrons. The van der Waals surface area contributed by atoms with Gasteiger partial charge in [-0.15, -0.1) is 0 Å². The molecule has 0 aliphatic rings. The smallest absolute Gasteiger partial charge is 0.240 e. The first kappa shape index (κ1) is 20.5. The Bertz CT molecular complexity index is 821. The van der Waals surface area contributed by atoms with Crippen LogP contribution in [0.25, 0.3) is 0 Å². The van der Waals surface area contributed by atoms with Crippen LogP contribution in [0.15, 0.2) is 48.5 Å². The quantitative estimate of drug-likeness (QED) is 0.766. The zero-order valence-electron chi connectivity index (χ0n) is 15.3. The van der Waals surface area contributed by atoms with E-state index in [0.29, 0.717) is 29.4 Å². The van der Waals surface area contributed by atoms with Crippen molar-refractivity contribution in [1.82, 2.24) is 5.32 Å². The minimum atomic E-state index is -0.252. The normalized spacial score (nSPS) is 10.2. The molecule has 0 spiro atoms. The molecule has 0 heterocycles. The molecule has 27 heavy (non-hydrogen) atoms. The fourth-order valence-corrected chi connectivity index (χ4v) is 2.76. The van der Waals surface area contributed by atoms with Gasteiger partial charge in [0.1, 0.15) is 6.54 Å². The van der Waals surface area contributed by atoms with E-state index < -0.39 is 0 Å². The second kappa shape index (κ2) is 9.73. The Labute approximate surface area is 163 Å². The summed E-state index contributed by atoms with van der Waals surface area (Å²) in [4.78, 5) is 36.6. The molecule has 0 aliphatic heterocycles. The molecule has 2 aromatic rings. The van der Waals surface area contributed by atoms with E-state index in [4.69, 9.17) is 11.6 Å². The predicted octanol–water partition coefficient (Wildman–Crippen LogP) is 3.01. The Morgan fingerprint density at radius 3 is 2.33 bits per heavy atom. The minimum absolute atomic E-state index is 0.0790. The second-order valence-electron chi connectivity index (χ2n) is 6.06. The molecule has 0 radical (unpaired) electrons. The molecule has 2 rings (SSSR count). The Hall–Kier alpha value is -2.86. The Balaban J connectivity index is 1.91. The van der Waals surface area contributed by atoms with Crippen LogP contribution in [0.5, 0.6) is 0 Å².